The Morgan fingerprint density at radius 3 is 2.58 bits per heavy atom. The van der Waals surface area contributed by atoms with Gasteiger partial charge in [-0.25, -0.2) is 12.8 Å². The Hall–Kier alpha value is -0.940. The smallest absolute Gasteiger partial charge is 0.191 e. The van der Waals surface area contributed by atoms with Crippen LogP contribution in [0.15, 0.2) is 23.2 Å². The van der Waals surface area contributed by atoms with Crippen molar-refractivity contribution >= 4 is 39.8 Å². The van der Waals surface area contributed by atoms with Crippen LogP contribution in [0, 0.1) is 5.82 Å². The van der Waals surface area contributed by atoms with Crippen molar-refractivity contribution in [1.29, 1.82) is 0 Å². The average molecular weight is 473 g/mol. The number of aliphatic imine (C=N–C) groups is 1. The summed E-state index contributed by atoms with van der Waals surface area (Å²) < 4.78 is 41.3. The Balaban J connectivity index is 0.00000529. The van der Waals surface area contributed by atoms with Crippen LogP contribution in [0.4, 0.5) is 4.39 Å². The van der Waals surface area contributed by atoms with E-state index in [1.165, 1.54) is 18.2 Å². The van der Waals surface area contributed by atoms with E-state index in [9.17, 15) is 12.8 Å². The SMILES string of the molecule is CN=C(NCCCOC)NCc1cc(F)ccc1CS(C)(=O)=O.I. The molecule has 0 aliphatic heterocycles. The molecule has 0 heterocycles. The molecule has 6 nitrogen and oxygen atoms in total. The molecule has 0 unspecified atom stereocenters. The Kier molecular flexibility index (Phi) is 11.1. The lowest BCUT2D eigenvalue weighted by atomic mass is 10.1. The lowest BCUT2D eigenvalue weighted by Gasteiger charge is -2.14. The van der Waals surface area contributed by atoms with E-state index in [0.717, 1.165) is 12.7 Å². The van der Waals surface area contributed by atoms with Gasteiger partial charge in [0.1, 0.15) is 5.82 Å². The van der Waals surface area contributed by atoms with Crippen LogP contribution < -0.4 is 10.6 Å². The third kappa shape index (κ3) is 9.38. The zero-order chi connectivity index (χ0) is 17.3. The monoisotopic (exact) mass is 473 g/mol. The van der Waals surface area contributed by atoms with Crippen molar-refractivity contribution in [3.05, 3.63) is 35.1 Å². The molecule has 1 rings (SSSR count). The first-order chi connectivity index (χ1) is 10.9. The van der Waals surface area contributed by atoms with Crippen LogP contribution in [-0.4, -0.2) is 47.9 Å². The minimum Gasteiger partial charge on any atom is -0.385 e. The van der Waals surface area contributed by atoms with E-state index < -0.39 is 15.7 Å². The second-order valence-corrected chi connectivity index (χ2v) is 7.32. The van der Waals surface area contributed by atoms with E-state index in [2.05, 4.69) is 15.6 Å². The number of halogens is 2. The predicted molar refractivity (Wildman–Crippen MR) is 105 cm³/mol. The number of nitrogens with zero attached hydrogens (tertiary/aromatic N) is 1. The molecule has 0 aliphatic rings. The fourth-order valence-electron chi connectivity index (χ4n) is 2.01. The second-order valence-electron chi connectivity index (χ2n) is 5.18. The average Bonchev–Trinajstić information content (AvgIpc) is 2.47. The zero-order valence-corrected chi connectivity index (χ0v) is 17.3. The second kappa shape index (κ2) is 11.6. The van der Waals surface area contributed by atoms with Gasteiger partial charge in [0.2, 0.25) is 0 Å². The van der Waals surface area contributed by atoms with E-state index in [-0.39, 0.29) is 36.3 Å². The van der Waals surface area contributed by atoms with Crippen LogP contribution in [0.3, 0.4) is 0 Å². The van der Waals surface area contributed by atoms with Crippen LogP contribution in [0.5, 0.6) is 0 Å². The Bertz CT molecular complexity index is 639. The summed E-state index contributed by atoms with van der Waals surface area (Å²) in [6, 6.07) is 4.11. The summed E-state index contributed by atoms with van der Waals surface area (Å²) in [4.78, 5) is 4.07. The number of guanidine groups is 1. The van der Waals surface area contributed by atoms with E-state index in [1.807, 2.05) is 0 Å². The quantitative estimate of drug-likeness (QED) is 0.260. The van der Waals surface area contributed by atoms with Crippen molar-refractivity contribution in [2.45, 2.75) is 18.7 Å². The van der Waals surface area contributed by atoms with Gasteiger partial charge >= 0.3 is 0 Å². The minimum atomic E-state index is -3.19. The van der Waals surface area contributed by atoms with E-state index in [4.69, 9.17) is 4.74 Å². The lowest BCUT2D eigenvalue weighted by Crippen LogP contribution is -2.37. The molecule has 9 heteroatoms. The van der Waals surface area contributed by atoms with Crippen LogP contribution >= 0.6 is 24.0 Å². The molecule has 0 saturated heterocycles. The van der Waals surface area contributed by atoms with Gasteiger partial charge in [0.05, 0.1) is 5.75 Å². The summed E-state index contributed by atoms with van der Waals surface area (Å²) in [6.45, 7) is 1.62. The van der Waals surface area contributed by atoms with E-state index in [1.54, 1.807) is 14.2 Å². The Morgan fingerprint density at radius 2 is 2.00 bits per heavy atom. The third-order valence-corrected chi connectivity index (χ3v) is 3.91. The molecular formula is C15H25FIN3O3S. The fourth-order valence-corrected chi connectivity index (χ4v) is 2.85. The Morgan fingerprint density at radius 1 is 1.29 bits per heavy atom. The normalized spacial score (nSPS) is 11.8. The number of ether oxygens (including phenoxy) is 1. The molecule has 2 N–H and O–H groups in total. The minimum absolute atomic E-state index is 0. The molecule has 0 spiro atoms. The third-order valence-electron chi connectivity index (χ3n) is 3.07. The maximum Gasteiger partial charge on any atom is 0.191 e. The molecule has 1 aromatic rings. The molecule has 1 aromatic carbocycles. The Labute approximate surface area is 160 Å². The topological polar surface area (TPSA) is 79.8 Å². The van der Waals surface area contributed by atoms with Gasteiger partial charge in [0.25, 0.3) is 0 Å². The van der Waals surface area contributed by atoms with Crippen LogP contribution in [0.25, 0.3) is 0 Å². The van der Waals surface area contributed by atoms with Gasteiger partial charge in [-0.05, 0) is 29.7 Å². The number of benzene rings is 1. The van der Waals surface area contributed by atoms with Crippen molar-refractivity contribution in [2.75, 3.05) is 33.6 Å². The number of rotatable bonds is 8. The molecule has 0 aromatic heterocycles. The van der Waals surface area contributed by atoms with Crippen molar-refractivity contribution < 1.29 is 17.5 Å². The van der Waals surface area contributed by atoms with Gasteiger partial charge in [-0.15, -0.1) is 24.0 Å². The van der Waals surface area contributed by atoms with Gasteiger partial charge in [-0.1, -0.05) is 6.07 Å². The highest BCUT2D eigenvalue weighted by molar-refractivity contribution is 14.0. The van der Waals surface area contributed by atoms with Crippen LogP contribution in [-0.2, 0) is 26.9 Å². The van der Waals surface area contributed by atoms with Gasteiger partial charge < -0.3 is 15.4 Å². The molecule has 0 bridgehead atoms. The molecule has 138 valence electrons. The molecule has 0 saturated carbocycles. The first kappa shape index (κ1) is 23.1. The molecule has 0 amide bonds. The predicted octanol–water partition coefficient (Wildman–Crippen LogP) is 1.69. The summed E-state index contributed by atoms with van der Waals surface area (Å²) in [6.07, 6.45) is 1.99. The molecule has 0 radical (unpaired) electrons. The molecule has 0 aliphatic carbocycles. The highest BCUT2D eigenvalue weighted by Gasteiger charge is 2.11. The molecule has 0 fully saturated rings. The van der Waals surface area contributed by atoms with Crippen molar-refractivity contribution in [3.8, 4) is 0 Å². The van der Waals surface area contributed by atoms with E-state index >= 15 is 0 Å². The standard InChI is InChI=1S/C15H24FN3O3S.HI/c1-17-15(18-7-4-8-22-2)19-10-13-9-14(16)6-5-12(13)11-23(3,20)21;/h5-6,9H,4,7-8,10-11H2,1-3H3,(H2,17,18,19);1H. The molecule has 0 atom stereocenters. The zero-order valence-electron chi connectivity index (χ0n) is 14.1. The summed E-state index contributed by atoms with van der Waals surface area (Å²) >= 11 is 0. The van der Waals surface area contributed by atoms with Crippen molar-refractivity contribution in [2.24, 2.45) is 4.99 Å². The summed E-state index contributed by atoms with van der Waals surface area (Å²) in [5, 5.41) is 6.16. The van der Waals surface area contributed by atoms with Crippen molar-refractivity contribution in [3.63, 3.8) is 0 Å². The van der Waals surface area contributed by atoms with Crippen molar-refractivity contribution in [1.82, 2.24) is 10.6 Å². The molecule has 24 heavy (non-hydrogen) atoms. The van der Waals surface area contributed by atoms with Gasteiger partial charge in [-0.3, -0.25) is 4.99 Å². The first-order valence-electron chi connectivity index (χ1n) is 7.24. The maximum absolute atomic E-state index is 13.4. The van der Waals surface area contributed by atoms with Crippen LogP contribution in [0.1, 0.15) is 17.5 Å². The number of hydrogen-bond donors (Lipinski definition) is 2. The summed E-state index contributed by atoms with van der Waals surface area (Å²) in [5.41, 5.74) is 1.17. The fraction of sp³-hybridized carbons (Fsp3) is 0.533. The molecular weight excluding hydrogens is 448 g/mol. The largest absolute Gasteiger partial charge is 0.385 e. The summed E-state index contributed by atoms with van der Waals surface area (Å²) in [7, 11) is 0.0857. The maximum atomic E-state index is 13.4. The number of hydrogen-bond acceptors (Lipinski definition) is 4. The van der Waals surface area contributed by atoms with E-state index in [0.29, 0.717) is 30.2 Å². The van der Waals surface area contributed by atoms with Crippen LogP contribution in [0.2, 0.25) is 0 Å². The first-order valence-corrected chi connectivity index (χ1v) is 9.30. The van der Waals surface area contributed by atoms with Gasteiger partial charge in [0.15, 0.2) is 15.8 Å². The number of nitrogens with one attached hydrogen (secondary N) is 2. The lowest BCUT2D eigenvalue weighted by molar-refractivity contribution is 0.195. The van der Waals surface area contributed by atoms with Gasteiger partial charge in [0, 0.05) is 40.1 Å². The highest BCUT2D eigenvalue weighted by atomic mass is 127. The number of methoxy groups -OCH3 is 1. The highest BCUT2D eigenvalue weighted by Crippen LogP contribution is 2.14. The number of sulfone groups is 1. The summed E-state index contributed by atoms with van der Waals surface area (Å²) in [5.74, 6) is 0.0437. The van der Waals surface area contributed by atoms with Gasteiger partial charge in [-0.2, -0.15) is 0 Å².